The van der Waals surface area contributed by atoms with E-state index >= 15 is 0 Å². The van der Waals surface area contributed by atoms with Gasteiger partial charge in [0.2, 0.25) is 0 Å². The highest BCUT2D eigenvalue weighted by molar-refractivity contribution is 7.09. The van der Waals surface area contributed by atoms with Crippen molar-refractivity contribution in [1.82, 2.24) is 10.3 Å². The van der Waals surface area contributed by atoms with Gasteiger partial charge in [-0.1, -0.05) is 13.3 Å². The van der Waals surface area contributed by atoms with Gasteiger partial charge in [0.25, 0.3) is 0 Å². The van der Waals surface area contributed by atoms with E-state index in [1.54, 1.807) is 11.3 Å². The second kappa shape index (κ2) is 11.1. The predicted molar refractivity (Wildman–Crippen MR) is 85.8 cm³/mol. The van der Waals surface area contributed by atoms with Crippen LogP contribution in [0.3, 0.4) is 0 Å². The zero-order valence-corrected chi connectivity index (χ0v) is 14.1. The molecule has 122 valence electrons. The Bertz CT molecular complexity index is 374. The van der Waals surface area contributed by atoms with Crippen molar-refractivity contribution < 1.29 is 14.6 Å². The molecule has 0 amide bonds. The van der Waals surface area contributed by atoms with E-state index in [4.69, 9.17) is 9.47 Å². The number of nitrogens with zero attached hydrogens (tertiary/aromatic N) is 1. The van der Waals surface area contributed by atoms with Gasteiger partial charge < -0.3 is 19.9 Å². The largest absolute Gasteiger partial charge is 0.389 e. The first kappa shape index (κ1) is 18.5. The minimum Gasteiger partial charge on any atom is -0.389 e. The molecule has 1 aromatic rings. The molecule has 0 saturated heterocycles. The molecule has 1 rings (SSSR count). The highest BCUT2D eigenvalue weighted by Gasteiger charge is 2.11. The number of aliphatic hydroxyl groups is 1. The van der Waals surface area contributed by atoms with Crippen LogP contribution in [0.4, 0.5) is 0 Å². The Morgan fingerprint density at radius 2 is 2.10 bits per heavy atom. The van der Waals surface area contributed by atoms with Gasteiger partial charge in [0.15, 0.2) is 0 Å². The van der Waals surface area contributed by atoms with Crippen LogP contribution in [0.25, 0.3) is 0 Å². The normalized spacial score (nSPS) is 14.3. The zero-order chi connectivity index (χ0) is 15.5. The summed E-state index contributed by atoms with van der Waals surface area (Å²) in [5.41, 5.74) is 1.04. The number of thiazole rings is 1. The molecule has 0 spiro atoms. The summed E-state index contributed by atoms with van der Waals surface area (Å²) in [4.78, 5) is 4.43. The molecule has 0 radical (unpaired) electrons. The average Bonchev–Trinajstić information content (AvgIpc) is 2.90. The minimum absolute atomic E-state index is 0.149. The lowest BCUT2D eigenvalue weighted by Crippen LogP contribution is -2.32. The lowest BCUT2D eigenvalue weighted by Gasteiger charge is -2.15. The van der Waals surface area contributed by atoms with Crippen LogP contribution in [0.15, 0.2) is 5.38 Å². The highest BCUT2D eigenvalue weighted by atomic mass is 32.1. The molecule has 0 saturated carbocycles. The van der Waals surface area contributed by atoms with Crippen molar-refractivity contribution in [3.63, 3.8) is 0 Å². The monoisotopic (exact) mass is 316 g/mol. The predicted octanol–water partition coefficient (Wildman–Crippen LogP) is 2.30. The molecule has 0 aromatic carbocycles. The van der Waals surface area contributed by atoms with Gasteiger partial charge >= 0.3 is 0 Å². The Morgan fingerprint density at radius 3 is 2.76 bits per heavy atom. The fraction of sp³-hybridized carbons (Fsp3) is 0.800. The standard InChI is InChI=1S/C15H28N2O3S/c1-4-5-6-19-7-8-20-10-14(18)9-16-13(3)15-17-12(2)11-21-15/h11,13-14,16,18H,4-10H2,1-3H3. The van der Waals surface area contributed by atoms with Crippen molar-refractivity contribution in [3.05, 3.63) is 16.1 Å². The number of aromatic nitrogens is 1. The van der Waals surface area contributed by atoms with Gasteiger partial charge in [-0.05, 0) is 20.3 Å². The van der Waals surface area contributed by atoms with Gasteiger partial charge in [-0.2, -0.15) is 0 Å². The lowest BCUT2D eigenvalue weighted by atomic mass is 10.3. The van der Waals surface area contributed by atoms with Crippen LogP contribution in [-0.4, -0.2) is 49.2 Å². The van der Waals surface area contributed by atoms with Crippen LogP contribution in [0.5, 0.6) is 0 Å². The first-order chi connectivity index (χ1) is 10.1. The minimum atomic E-state index is -0.510. The Hall–Kier alpha value is -0.530. The summed E-state index contributed by atoms with van der Waals surface area (Å²) in [5, 5.41) is 16.2. The van der Waals surface area contributed by atoms with Crippen molar-refractivity contribution in [2.75, 3.05) is 33.0 Å². The first-order valence-corrected chi connectivity index (χ1v) is 8.50. The fourth-order valence-corrected chi connectivity index (χ4v) is 2.54. The van der Waals surface area contributed by atoms with E-state index in [1.807, 2.05) is 19.2 Å². The summed E-state index contributed by atoms with van der Waals surface area (Å²) in [6.07, 6.45) is 1.71. The maximum Gasteiger partial charge on any atom is 0.110 e. The van der Waals surface area contributed by atoms with Crippen LogP contribution in [0.2, 0.25) is 0 Å². The van der Waals surface area contributed by atoms with Gasteiger partial charge in [0.05, 0.1) is 32.0 Å². The molecular formula is C15H28N2O3S. The zero-order valence-electron chi connectivity index (χ0n) is 13.3. The van der Waals surface area contributed by atoms with Crippen LogP contribution in [0.1, 0.15) is 43.4 Å². The van der Waals surface area contributed by atoms with E-state index < -0.39 is 6.10 Å². The number of nitrogens with one attached hydrogen (secondary N) is 1. The second-order valence-electron chi connectivity index (χ2n) is 5.15. The number of aryl methyl sites for hydroxylation is 1. The molecule has 0 fully saturated rings. The van der Waals surface area contributed by atoms with Gasteiger partial charge in [0, 0.05) is 24.2 Å². The van der Waals surface area contributed by atoms with Gasteiger partial charge in [-0.25, -0.2) is 4.98 Å². The molecule has 0 aliphatic carbocycles. The molecule has 6 heteroatoms. The van der Waals surface area contributed by atoms with E-state index in [1.165, 1.54) is 0 Å². The van der Waals surface area contributed by atoms with Crippen molar-refractivity contribution in [2.24, 2.45) is 0 Å². The van der Waals surface area contributed by atoms with E-state index in [0.717, 1.165) is 30.2 Å². The van der Waals surface area contributed by atoms with Crippen molar-refractivity contribution in [1.29, 1.82) is 0 Å². The Kier molecular flexibility index (Phi) is 9.78. The number of ether oxygens (including phenoxy) is 2. The van der Waals surface area contributed by atoms with Gasteiger partial charge in [-0.3, -0.25) is 0 Å². The first-order valence-electron chi connectivity index (χ1n) is 7.62. The van der Waals surface area contributed by atoms with Crippen LogP contribution in [0, 0.1) is 6.92 Å². The topological polar surface area (TPSA) is 63.6 Å². The Balaban J connectivity index is 2.02. The number of unbranched alkanes of at least 4 members (excludes halogenated alkanes) is 1. The smallest absolute Gasteiger partial charge is 0.110 e. The summed E-state index contributed by atoms with van der Waals surface area (Å²) in [7, 11) is 0. The summed E-state index contributed by atoms with van der Waals surface area (Å²) >= 11 is 1.64. The molecule has 1 aromatic heterocycles. The van der Waals surface area contributed by atoms with Crippen LogP contribution < -0.4 is 5.32 Å². The third kappa shape index (κ3) is 8.48. The molecule has 2 N–H and O–H groups in total. The molecule has 0 bridgehead atoms. The summed E-state index contributed by atoms with van der Waals surface area (Å²) in [5.74, 6) is 0. The molecule has 1 heterocycles. The SMILES string of the molecule is CCCCOCCOCC(O)CNC(C)c1nc(C)cs1. The van der Waals surface area contributed by atoms with E-state index in [-0.39, 0.29) is 6.04 Å². The van der Waals surface area contributed by atoms with Crippen LogP contribution in [-0.2, 0) is 9.47 Å². The molecule has 5 nitrogen and oxygen atoms in total. The number of aliphatic hydroxyl groups excluding tert-OH is 1. The summed E-state index contributed by atoms with van der Waals surface area (Å²) in [6, 6.07) is 0.149. The maximum atomic E-state index is 9.85. The number of hydrogen-bond acceptors (Lipinski definition) is 6. The molecular weight excluding hydrogens is 288 g/mol. The fourth-order valence-electron chi connectivity index (χ4n) is 1.72. The number of rotatable bonds is 12. The molecule has 0 aliphatic rings. The van der Waals surface area contributed by atoms with E-state index in [2.05, 4.69) is 17.2 Å². The third-order valence-corrected chi connectivity index (χ3v) is 4.14. The Morgan fingerprint density at radius 1 is 1.33 bits per heavy atom. The molecule has 2 unspecified atom stereocenters. The second-order valence-corrected chi connectivity index (χ2v) is 6.04. The summed E-state index contributed by atoms with van der Waals surface area (Å²) < 4.78 is 10.8. The third-order valence-electron chi connectivity index (χ3n) is 2.99. The van der Waals surface area contributed by atoms with E-state index in [9.17, 15) is 5.11 Å². The van der Waals surface area contributed by atoms with Crippen molar-refractivity contribution in [3.8, 4) is 0 Å². The van der Waals surface area contributed by atoms with Crippen molar-refractivity contribution >= 4 is 11.3 Å². The quantitative estimate of drug-likeness (QED) is 0.579. The lowest BCUT2D eigenvalue weighted by molar-refractivity contribution is 0.00331. The maximum absolute atomic E-state index is 9.85. The van der Waals surface area contributed by atoms with Crippen LogP contribution >= 0.6 is 11.3 Å². The highest BCUT2D eigenvalue weighted by Crippen LogP contribution is 2.17. The number of hydrogen-bond donors (Lipinski definition) is 2. The van der Waals surface area contributed by atoms with Crippen molar-refractivity contribution in [2.45, 2.75) is 45.8 Å². The van der Waals surface area contributed by atoms with Gasteiger partial charge in [-0.15, -0.1) is 11.3 Å². The molecule has 0 aliphatic heterocycles. The molecule has 2 atom stereocenters. The van der Waals surface area contributed by atoms with Gasteiger partial charge in [0.1, 0.15) is 5.01 Å². The molecule has 21 heavy (non-hydrogen) atoms. The Labute approximate surface area is 131 Å². The summed E-state index contributed by atoms with van der Waals surface area (Å²) in [6.45, 7) is 8.90. The average molecular weight is 316 g/mol. The van der Waals surface area contributed by atoms with E-state index in [0.29, 0.717) is 26.4 Å².